The molecule has 0 bridgehead atoms. The highest BCUT2D eigenvalue weighted by molar-refractivity contribution is 5.96. The molecule has 3 nitrogen and oxygen atoms in total. The van der Waals surface area contributed by atoms with Crippen LogP contribution in [0.25, 0.3) is 0 Å². The molecular formula is C25H32N2O. The lowest BCUT2D eigenvalue weighted by Crippen LogP contribution is -2.28. The van der Waals surface area contributed by atoms with E-state index in [1.54, 1.807) is 0 Å². The lowest BCUT2D eigenvalue weighted by atomic mass is 9.90. The van der Waals surface area contributed by atoms with E-state index in [-0.39, 0.29) is 0 Å². The number of fused-ring (bicyclic) bond motifs is 1. The van der Waals surface area contributed by atoms with Gasteiger partial charge in [-0.2, -0.15) is 0 Å². The normalized spacial score (nSPS) is 18.4. The van der Waals surface area contributed by atoms with Crippen molar-refractivity contribution in [3.05, 3.63) is 70.8 Å². The molecule has 0 atom stereocenters. The topological polar surface area (TPSA) is 32.3 Å². The van der Waals surface area contributed by atoms with Crippen molar-refractivity contribution in [1.29, 1.82) is 0 Å². The lowest BCUT2D eigenvalue weighted by molar-refractivity contribution is 0.0970. The van der Waals surface area contributed by atoms with Crippen molar-refractivity contribution in [2.75, 3.05) is 19.6 Å². The molecule has 0 spiro atoms. The van der Waals surface area contributed by atoms with Gasteiger partial charge >= 0.3 is 0 Å². The Morgan fingerprint density at radius 3 is 2.68 bits per heavy atom. The van der Waals surface area contributed by atoms with Gasteiger partial charge in [0, 0.05) is 25.1 Å². The Morgan fingerprint density at radius 2 is 1.86 bits per heavy atom. The first-order valence-corrected chi connectivity index (χ1v) is 10.9. The van der Waals surface area contributed by atoms with Crippen molar-refractivity contribution in [1.82, 2.24) is 10.2 Å². The summed E-state index contributed by atoms with van der Waals surface area (Å²) in [5, 5.41) is 3.41. The Kier molecular flexibility index (Phi) is 6.56. The minimum absolute atomic E-state index is 0.320. The smallest absolute Gasteiger partial charge is 0.162 e. The van der Waals surface area contributed by atoms with Crippen LogP contribution in [0.5, 0.6) is 0 Å². The molecule has 2 aromatic carbocycles. The lowest BCUT2D eigenvalue weighted by Gasteiger charge is -2.22. The van der Waals surface area contributed by atoms with E-state index >= 15 is 0 Å². The number of Topliss-reactive ketones (excluding diaryl/α,β-unsaturated/α-hetero) is 1. The first-order chi connectivity index (χ1) is 13.8. The standard InChI is InChI=1S/C25H32N2O/c28-25(11-8-20-12-14-26-15-13-20)23-10-9-22-7-4-16-27(19-24(22)17-23)18-21-5-2-1-3-6-21/h1-3,5-6,9-10,17,20,26H,4,7-8,11-16,18-19H2. The van der Waals surface area contributed by atoms with Crippen LogP contribution in [0.2, 0.25) is 0 Å². The number of nitrogens with one attached hydrogen (secondary N) is 1. The third-order valence-corrected chi connectivity index (χ3v) is 6.33. The molecule has 2 heterocycles. The van der Waals surface area contributed by atoms with Gasteiger partial charge in [-0.05, 0) is 80.4 Å². The number of carbonyl (C=O) groups excluding carboxylic acids is 1. The van der Waals surface area contributed by atoms with E-state index in [0.29, 0.717) is 18.1 Å². The number of ketones is 1. The maximum absolute atomic E-state index is 12.8. The predicted octanol–water partition coefficient (Wildman–Crippen LogP) is 4.60. The number of benzene rings is 2. The van der Waals surface area contributed by atoms with E-state index in [0.717, 1.165) is 51.1 Å². The second-order valence-corrected chi connectivity index (χ2v) is 8.44. The maximum Gasteiger partial charge on any atom is 0.162 e. The van der Waals surface area contributed by atoms with Gasteiger partial charge in [0.1, 0.15) is 0 Å². The predicted molar refractivity (Wildman–Crippen MR) is 114 cm³/mol. The number of aryl methyl sites for hydroxylation is 1. The first-order valence-electron chi connectivity index (χ1n) is 10.9. The van der Waals surface area contributed by atoms with Gasteiger partial charge in [-0.3, -0.25) is 9.69 Å². The summed E-state index contributed by atoms with van der Waals surface area (Å²) in [6, 6.07) is 17.2. The Morgan fingerprint density at radius 1 is 1.04 bits per heavy atom. The van der Waals surface area contributed by atoms with E-state index < -0.39 is 0 Å². The molecule has 0 amide bonds. The molecule has 0 aromatic heterocycles. The highest BCUT2D eigenvalue weighted by Gasteiger charge is 2.18. The van der Waals surface area contributed by atoms with Crippen molar-refractivity contribution in [2.45, 2.75) is 51.6 Å². The van der Waals surface area contributed by atoms with Crippen LogP contribution in [-0.2, 0) is 19.5 Å². The average Bonchev–Trinajstić information content (AvgIpc) is 2.94. The molecule has 1 N–H and O–H groups in total. The van der Waals surface area contributed by atoms with E-state index in [4.69, 9.17) is 0 Å². The Labute approximate surface area is 169 Å². The molecule has 3 heteroatoms. The van der Waals surface area contributed by atoms with E-state index in [1.807, 2.05) is 0 Å². The van der Waals surface area contributed by atoms with Crippen molar-refractivity contribution >= 4 is 5.78 Å². The molecule has 0 saturated carbocycles. The molecule has 0 unspecified atom stereocenters. The summed E-state index contributed by atoms with van der Waals surface area (Å²) in [6.07, 6.45) is 6.46. The van der Waals surface area contributed by atoms with E-state index in [2.05, 4.69) is 58.7 Å². The third kappa shape index (κ3) is 5.09. The Hall–Kier alpha value is -1.97. The molecule has 4 rings (SSSR count). The summed E-state index contributed by atoms with van der Waals surface area (Å²) in [7, 11) is 0. The van der Waals surface area contributed by atoms with Crippen LogP contribution in [0.1, 0.15) is 59.2 Å². The number of nitrogens with zero attached hydrogens (tertiary/aromatic N) is 1. The minimum Gasteiger partial charge on any atom is -0.317 e. The van der Waals surface area contributed by atoms with Crippen LogP contribution in [-0.4, -0.2) is 30.3 Å². The van der Waals surface area contributed by atoms with Gasteiger partial charge in [-0.15, -0.1) is 0 Å². The van der Waals surface area contributed by atoms with Crippen LogP contribution in [0.15, 0.2) is 48.5 Å². The SMILES string of the molecule is O=C(CCC1CCNCC1)c1ccc2c(c1)CN(Cc1ccccc1)CCC2. The summed E-state index contributed by atoms with van der Waals surface area (Å²) in [4.78, 5) is 15.3. The van der Waals surface area contributed by atoms with Gasteiger partial charge in [-0.25, -0.2) is 0 Å². The van der Waals surface area contributed by atoms with Crippen LogP contribution < -0.4 is 5.32 Å². The minimum atomic E-state index is 0.320. The fourth-order valence-corrected chi connectivity index (χ4v) is 4.63. The number of piperidine rings is 1. The molecule has 28 heavy (non-hydrogen) atoms. The second-order valence-electron chi connectivity index (χ2n) is 8.44. The number of carbonyl (C=O) groups is 1. The number of hydrogen-bond acceptors (Lipinski definition) is 3. The highest BCUT2D eigenvalue weighted by atomic mass is 16.1. The fourth-order valence-electron chi connectivity index (χ4n) is 4.63. The van der Waals surface area contributed by atoms with Crippen molar-refractivity contribution in [2.24, 2.45) is 5.92 Å². The van der Waals surface area contributed by atoms with E-state index in [9.17, 15) is 4.79 Å². The Balaban J connectivity index is 1.40. The summed E-state index contributed by atoms with van der Waals surface area (Å²) >= 11 is 0. The van der Waals surface area contributed by atoms with E-state index in [1.165, 1.54) is 36.0 Å². The van der Waals surface area contributed by atoms with Crippen LogP contribution >= 0.6 is 0 Å². The molecule has 0 radical (unpaired) electrons. The Bertz CT molecular complexity index is 780. The van der Waals surface area contributed by atoms with Crippen LogP contribution in [0.3, 0.4) is 0 Å². The van der Waals surface area contributed by atoms with Gasteiger partial charge in [0.15, 0.2) is 5.78 Å². The van der Waals surface area contributed by atoms with Gasteiger partial charge in [-0.1, -0.05) is 42.5 Å². The molecule has 2 aliphatic rings. The van der Waals surface area contributed by atoms with Crippen LogP contribution in [0.4, 0.5) is 0 Å². The summed E-state index contributed by atoms with van der Waals surface area (Å²) in [5.74, 6) is 1.03. The zero-order chi connectivity index (χ0) is 19.2. The van der Waals surface area contributed by atoms with Gasteiger partial charge in [0.25, 0.3) is 0 Å². The number of hydrogen-bond donors (Lipinski definition) is 1. The molecule has 2 aromatic rings. The average molecular weight is 377 g/mol. The summed E-state index contributed by atoms with van der Waals surface area (Å²) in [6.45, 7) is 5.25. The maximum atomic E-state index is 12.8. The fraction of sp³-hybridized carbons (Fsp3) is 0.480. The van der Waals surface area contributed by atoms with Gasteiger partial charge < -0.3 is 5.32 Å². The summed E-state index contributed by atoms with van der Waals surface area (Å²) in [5.41, 5.74) is 5.04. The molecule has 148 valence electrons. The zero-order valence-corrected chi connectivity index (χ0v) is 16.8. The second kappa shape index (κ2) is 9.49. The van der Waals surface area contributed by atoms with Crippen molar-refractivity contribution < 1.29 is 4.79 Å². The summed E-state index contributed by atoms with van der Waals surface area (Å²) < 4.78 is 0. The first kappa shape index (κ1) is 19.4. The molecule has 1 saturated heterocycles. The largest absolute Gasteiger partial charge is 0.317 e. The number of rotatable bonds is 6. The van der Waals surface area contributed by atoms with Crippen molar-refractivity contribution in [3.8, 4) is 0 Å². The monoisotopic (exact) mass is 376 g/mol. The third-order valence-electron chi connectivity index (χ3n) is 6.33. The van der Waals surface area contributed by atoms with Gasteiger partial charge in [0.05, 0.1) is 0 Å². The highest BCUT2D eigenvalue weighted by Crippen LogP contribution is 2.24. The van der Waals surface area contributed by atoms with Crippen molar-refractivity contribution in [3.63, 3.8) is 0 Å². The quantitative estimate of drug-likeness (QED) is 0.748. The molecule has 0 aliphatic carbocycles. The molecule has 1 fully saturated rings. The van der Waals surface area contributed by atoms with Gasteiger partial charge in [0.2, 0.25) is 0 Å². The molecule has 2 aliphatic heterocycles. The molecular weight excluding hydrogens is 344 g/mol. The zero-order valence-electron chi connectivity index (χ0n) is 16.8. The van der Waals surface area contributed by atoms with Crippen LogP contribution in [0, 0.1) is 5.92 Å².